The van der Waals surface area contributed by atoms with E-state index in [1.807, 2.05) is 0 Å². The van der Waals surface area contributed by atoms with Crippen LogP contribution in [0.15, 0.2) is 35.7 Å². The summed E-state index contributed by atoms with van der Waals surface area (Å²) in [6.07, 6.45) is 6.48. The summed E-state index contributed by atoms with van der Waals surface area (Å²) in [6, 6.07) is 6.58. The average molecular weight is 266 g/mol. The highest BCUT2D eigenvalue weighted by atomic mass is 32.2. The predicted octanol–water partition coefficient (Wildman–Crippen LogP) is 3.37. The van der Waals surface area contributed by atoms with Crippen LogP contribution in [0.3, 0.4) is 0 Å². The molecule has 0 aromatic heterocycles. The number of benzene rings is 1. The van der Waals surface area contributed by atoms with Gasteiger partial charge in [0.25, 0.3) is 10.1 Å². The van der Waals surface area contributed by atoms with Gasteiger partial charge in [0.1, 0.15) is 0 Å². The Morgan fingerprint density at radius 2 is 1.72 bits per heavy atom. The first-order valence-corrected chi connectivity index (χ1v) is 7.68. The molecule has 1 aromatic rings. The van der Waals surface area contributed by atoms with E-state index in [2.05, 4.69) is 6.58 Å². The van der Waals surface area contributed by atoms with Crippen LogP contribution in [0, 0.1) is 0 Å². The largest absolute Gasteiger partial charge is 0.297 e. The molecule has 4 heteroatoms. The third kappa shape index (κ3) is 3.21. The fraction of sp³-hybridized carbons (Fsp3) is 0.429. The van der Waals surface area contributed by atoms with Crippen molar-refractivity contribution in [1.82, 2.24) is 0 Å². The van der Waals surface area contributed by atoms with Gasteiger partial charge in [0.15, 0.2) is 0 Å². The Kier molecular flexibility index (Phi) is 4.19. The van der Waals surface area contributed by atoms with Gasteiger partial charge in [-0.15, -0.1) is 0 Å². The van der Waals surface area contributed by atoms with E-state index in [0.717, 1.165) is 31.2 Å². The Labute approximate surface area is 109 Å². The first kappa shape index (κ1) is 13.3. The Hall–Kier alpha value is -1.13. The molecule has 0 spiro atoms. The predicted molar refractivity (Wildman–Crippen MR) is 71.7 cm³/mol. The molecule has 1 aliphatic rings. The van der Waals surface area contributed by atoms with Crippen molar-refractivity contribution in [3.8, 4) is 0 Å². The maximum Gasteiger partial charge on any atom is 0.297 e. The lowest BCUT2D eigenvalue weighted by atomic mass is 9.98. The second kappa shape index (κ2) is 5.67. The average Bonchev–Trinajstić information content (AvgIpc) is 2.39. The van der Waals surface area contributed by atoms with Gasteiger partial charge in [-0.3, -0.25) is 4.18 Å². The summed E-state index contributed by atoms with van der Waals surface area (Å²) in [7, 11) is -3.62. The van der Waals surface area contributed by atoms with Gasteiger partial charge in [-0.25, -0.2) is 0 Å². The third-order valence-electron chi connectivity index (χ3n) is 3.22. The van der Waals surface area contributed by atoms with Crippen molar-refractivity contribution in [3.05, 3.63) is 36.4 Å². The molecular formula is C14H18O3S. The molecule has 18 heavy (non-hydrogen) atoms. The summed E-state index contributed by atoms with van der Waals surface area (Å²) in [5.74, 6) is 0. The van der Waals surface area contributed by atoms with Crippen molar-refractivity contribution in [1.29, 1.82) is 0 Å². The van der Waals surface area contributed by atoms with Crippen molar-refractivity contribution >= 4 is 16.2 Å². The Morgan fingerprint density at radius 3 is 2.28 bits per heavy atom. The van der Waals surface area contributed by atoms with Crippen molar-refractivity contribution in [2.24, 2.45) is 0 Å². The molecule has 0 N–H and O–H groups in total. The molecule has 0 radical (unpaired) electrons. The van der Waals surface area contributed by atoms with Crippen molar-refractivity contribution < 1.29 is 12.6 Å². The quantitative estimate of drug-likeness (QED) is 0.785. The summed E-state index contributed by atoms with van der Waals surface area (Å²) in [6.45, 7) is 3.64. The van der Waals surface area contributed by atoms with Crippen LogP contribution in [0.25, 0.3) is 6.08 Å². The molecule has 0 saturated heterocycles. The van der Waals surface area contributed by atoms with E-state index in [-0.39, 0.29) is 11.0 Å². The third-order valence-corrected chi connectivity index (χ3v) is 4.59. The summed E-state index contributed by atoms with van der Waals surface area (Å²) < 4.78 is 29.4. The molecule has 1 aromatic carbocycles. The van der Waals surface area contributed by atoms with Gasteiger partial charge in [-0.2, -0.15) is 8.42 Å². The van der Waals surface area contributed by atoms with Crippen LogP contribution in [-0.2, 0) is 14.3 Å². The zero-order chi connectivity index (χ0) is 13.0. The molecule has 0 heterocycles. The summed E-state index contributed by atoms with van der Waals surface area (Å²) in [4.78, 5) is 0.221. The van der Waals surface area contributed by atoms with Crippen molar-refractivity contribution in [3.63, 3.8) is 0 Å². The zero-order valence-electron chi connectivity index (χ0n) is 10.3. The smallest absolute Gasteiger partial charge is 0.263 e. The minimum atomic E-state index is -3.62. The van der Waals surface area contributed by atoms with Crippen molar-refractivity contribution in [2.75, 3.05) is 0 Å². The van der Waals surface area contributed by atoms with Crippen LogP contribution in [0.4, 0.5) is 0 Å². The minimum absolute atomic E-state index is 0.150. The summed E-state index contributed by atoms with van der Waals surface area (Å²) in [5.41, 5.74) is 0.895. The second-order valence-corrected chi connectivity index (χ2v) is 6.16. The van der Waals surface area contributed by atoms with E-state index >= 15 is 0 Å². The fourth-order valence-corrected chi connectivity index (χ4v) is 3.30. The topological polar surface area (TPSA) is 43.4 Å². The minimum Gasteiger partial charge on any atom is -0.263 e. The molecule has 3 nitrogen and oxygen atoms in total. The first-order valence-electron chi connectivity index (χ1n) is 6.27. The number of hydrogen-bond donors (Lipinski definition) is 0. The van der Waals surface area contributed by atoms with Crippen molar-refractivity contribution in [2.45, 2.75) is 43.1 Å². The highest BCUT2D eigenvalue weighted by molar-refractivity contribution is 7.86. The van der Waals surface area contributed by atoms with Gasteiger partial charge in [0.05, 0.1) is 11.0 Å². The van der Waals surface area contributed by atoms with Gasteiger partial charge in [0.2, 0.25) is 0 Å². The second-order valence-electron chi connectivity index (χ2n) is 4.58. The molecule has 0 unspecified atom stereocenters. The van der Waals surface area contributed by atoms with Gasteiger partial charge in [0, 0.05) is 0 Å². The summed E-state index contributed by atoms with van der Waals surface area (Å²) >= 11 is 0. The van der Waals surface area contributed by atoms with Gasteiger partial charge in [-0.1, -0.05) is 44.1 Å². The molecule has 0 bridgehead atoms. The van der Waals surface area contributed by atoms with Gasteiger partial charge >= 0.3 is 0 Å². The van der Waals surface area contributed by atoms with Crippen LogP contribution in [-0.4, -0.2) is 14.5 Å². The standard InChI is InChI=1S/C14H18O3S/c1-2-12-8-10-14(11-9-12)18(15,16)17-13-6-4-3-5-7-13/h2,8-11,13H,1,3-7H2. The highest BCUT2D eigenvalue weighted by Crippen LogP contribution is 2.24. The van der Waals surface area contributed by atoms with Crippen LogP contribution in [0.5, 0.6) is 0 Å². The van der Waals surface area contributed by atoms with E-state index in [1.54, 1.807) is 30.3 Å². The van der Waals surface area contributed by atoms with Gasteiger partial charge in [-0.05, 0) is 30.5 Å². The van der Waals surface area contributed by atoms with Crippen LogP contribution in [0.1, 0.15) is 37.7 Å². The SMILES string of the molecule is C=Cc1ccc(S(=O)(=O)OC2CCCCC2)cc1. The normalized spacial score (nSPS) is 17.6. The molecule has 0 amide bonds. The summed E-state index contributed by atoms with van der Waals surface area (Å²) in [5, 5.41) is 0. The lowest BCUT2D eigenvalue weighted by Gasteiger charge is -2.21. The lowest BCUT2D eigenvalue weighted by molar-refractivity contribution is 0.162. The van der Waals surface area contributed by atoms with Crippen LogP contribution >= 0.6 is 0 Å². The van der Waals surface area contributed by atoms with Crippen LogP contribution < -0.4 is 0 Å². The molecule has 98 valence electrons. The molecule has 1 saturated carbocycles. The van der Waals surface area contributed by atoms with E-state index in [0.29, 0.717) is 0 Å². The molecule has 0 aliphatic heterocycles. The van der Waals surface area contributed by atoms with E-state index in [1.165, 1.54) is 6.42 Å². The monoisotopic (exact) mass is 266 g/mol. The molecular weight excluding hydrogens is 248 g/mol. The molecule has 2 rings (SSSR count). The Morgan fingerprint density at radius 1 is 1.11 bits per heavy atom. The van der Waals surface area contributed by atoms with E-state index in [9.17, 15) is 8.42 Å². The number of rotatable bonds is 4. The lowest BCUT2D eigenvalue weighted by Crippen LogP contribution is -2.21. The maximum atomic E-state index is 12.1. The zero-order valence-corrected chi connectivity index (χ0v) is 11.2. The van der Waals surface area contributed by atoms with Crippen LogP contribution in [0.2, 0.25) is 0 Å². The molecule has 1 fully saturated rings. The Bertz CT molecular complexity index is 496. The van der Waals surface area contributed by atoms with E-state index in [4.69, 9.17) is 4.18 Å². The molecule has 0 atom stereocenters. The fourth-order valence-electron chi connectivity index (χ4n) is 2.17. The first-order chi connectivity index (χ1) is 8.62. The maximum absolute atomic E-state index is 12.1. The Balaban J connectivity index is 2.11. The van der Waals surface area contributed by atoms with Gasteiger partial charge < -0.3 is 0 Å². The molecule has 1 aliphatic carbocycles. The van der Waals surface area contributed by atoms with E-state index < -0.39 is 10.1 Å². The number of hydrogen-bond acceptors (Lipinski definition) is 3. The highest BCUT2D eigenvalue weighted by Gasteiger charge is 2.23.